The van der Waals surface area contributed by atoms with Gasteiger partial charge in [-0.25, -0.2) is 4.39 Å². The van der Waals surface area contributed by atoms with Crippen LogP contribution in [-0.2, 0) is 21.0 Å². The van der Waals surface area contributed by atoms with Crippen molar-refractivity contribution in [2.24, 2.45) is 5.92 Å². The van der Waals surface area contributed by atoms with E-state index >= 15 is 0 Å². The average Bonchev–Trinajstić information content (AvgIpc) is 2.70. The van der Waals surface area contributed by atoms with Gasteiger partial charge in [-0.15, -0.1) is 0 Å². The highest BCUT2D eigenvalue weighted by Gasteiger charge is 2.41. The predicted molar refractivity (Wildman–Crippen MR) is 110 cm³/mol. The first kappa shape index (κ1) is 23.8. The number of halogens is 4. The fourth-order valence-electron chi connectivity index (χ4n) is 4.10. The van der Waals surface area contributed by atoms with Crippen LogP contribution in [0.1, 0.15) is 56.3 Å². The number of rotatable bonds is 7. The molecule has 0 aromatic heterocycles. The fraction of sp³-hybridized carbons (Fsp3) is 0.545. The summed E-state index contributed by atoms with van der Waals surface area (Å²) in [5.41, 5.74) is 0.989. The van der Waals surface area contributed by atoms with E-state index in [0.29, 0.717) is 34.1 Å². The largest absolute Gasteiger partial charge is 0.490 e. The van der Waals surface area contributed by atoms with Gasteiger partial charge in [0.05, 0.1) is 18.3 Å². The van der Waals surface area contributed by atoms with Crippen molar-refractivity contribution in [3.63, 3.8) is 0 Å². The number of alkyl halides is 4. The summed E-state index contributed by atoms with van der Waals surface area (Å²) in [7, 11) is -3.64. The van der Waals surface area contributed by atoms with E-state index in [2.05, 4.69) is 0 Å². The van der Waals surface area contributed by atoms with Crippen molar-refractivity contribution in [2.45, 2.75) is 64.1 Å². The van der Waals surface area contributed by atoms with E-state index in [1.807, 2.05) is 0 Å². The van der Waals surface area contributed by atoms with E-state index in [9.17, 15) is 26.0 Å². The second kappa shape index (κ2) is 9.32. The van der Waals surface area contributed by atoms with Crippen LogP contribution in [0.3, 0.4) is 0 Å². The van der Waals surface area contributed by atoms with E-state index in [4.69, 9.17) is 8.92 Å². The van der Waals surface area contributed by atoms with Gasteiger partial charge < -0.3 is 4.74 Å². The molecule has 31 heavy (non-hydrogen) atoms. The van der Waals surface area contributed by atoms with E-state index < -0.39 is 35.0 Å². The highest BCUT2D eigenvalue weighted by atomic mass is 32.2. The zero-order chi connectivity index (χ0) is 22.8. The standard InChI is InChI=1S/C22H26F4O4S/c1-3-20(30-31(2,27)28)15-4-10-18-14(12-15)5-11-21(19(18)13-23)29-17-8-6-16(7-9-17)22(24,25)26/h4-5,10-12,16-17,20H,3,6-9,13H2,1-2H3. The summed E-state index contributed by atoms with van der Waals surface area (Å²) in [6.07, 6.45) is -3.22. The van der Waals surface area contributed by atoms with Crippen molar-refractivity contribution in [1.29, 1.82) is 0 Å². The average molecular weight is 463 g/mol. The minimum atomic E-state index is -4.19. The second-order valence-electron chi connectivity index (χ2n) is 7.99. The molecule has 172 valence electrons. The Morgan fingerprint density at radius 2 is 1.77 bits per heavy atom. The maximum atomic E-state index is 13.9. The Balaban J connectivity index is 1.82. The van der Waals surface area contributed by atoms with Crippen molar-refractivity contribution in [3.8, 4) is 5.75 Å². The van der Waals surface area contributed by atoms with Crippen LogP contribution in [0.25, 0.3) is 10.8 Å². The topological polar surface area (TPSA) is 52.6 Å². The van der Waals surface area contributed by atoms with Crippen LogP contribution in [-0.4, -0.2) is 27.0 Å². The molecule has 1 atom stereocenters. The third kappa shape index (κ3) is 5.88. The van der Waals surface area contributed by atoms with Crippen LogP contribution < -0.4 is 4.74 Å². The molecular weight excluding hydrogens is 436 g/mol. The summed E-state index contributed by atoms with van der Waals surface area (Å²) in [6, 6.07) is 8.50. The maximum absolute atomic E-state index is 13.9. The lowest BCUT2D eigenvalue weighted by atomic mass is 9.87. The van der Waals surface area contributed by atoms with Crippen LogP contribution in [0.2, 0.25) is 0 Å². The Hall–Kier alpha value is -1.87. The lowest BCUT2D eigenvalue weighted by Crippen LogP contribution is -2.32. The van der Waals surface area contributed by atoms with Gasteiger partial charge in [0.1, 0.15) is 18.5 Å². The van der Waals surface area contributed by atoms with Crippen molar-refractivity contribution in [3.05, 3.63) is 41.5 Å². The zero-order valence-electron chi connectivity index (χ0n) is 17.4. The van der Waals surface area contributed by atoms with Crippen LogP contribution in [0.5, 0.6) is 5.75 Å². The monoisotopic (exact) mass is 462 g/mol. The molecular formula is C22H26F4O4S. The third-order valence-electron chi connectivity index (χ3n) is 5.71. The molecule has 3 rings (SSSR count). The minimum Gasteiger partial charge on any atom is -0.490 e. The number of ether oxygens (including phenoxy) is 1. The van der Waals surface area contributed by atoms with Crippen LogP contribution >= 0.6 is 0 Å². The van der Waals surface area contributed by atoms with E-state index in [1.165, 1.54) is 0 Å². The van der Waals surface area contributed by atoms with Crippen molar-refractivity contribution < 1.29 is 34.9 Å². The Morgan fingerprint density at radius 3 is 2.32 bits per heavy atom. The molecule has 0 amide bonds. The molecule has 0 aliphatic heterocycles. The van der Waals surface area contributed by atoms with Gasteiger partial charge in [-0.3, -0.25) is 4.18 Å². The summed E-state index contributed by atoms with van der Waals surface area (Å²) >= 11 is 0. The van der Waals surface area contributed by atoms with E-state index in [-0.39, 0.29) is 31.8 Å². The molecule has 2 aromatic carbocycles. The molecule has 0 N–H and O–H groups in total. The van der Waals surface area contributed by atoms with Gasteiger partial charge >= 0.3 is 6.18 Å². The van der Waals surface area contributed by atoms with Crippen molar-refractivity contribution >= 4 is 20.9 Å². The highest BCUT2D eigenvalue weighted by Crippen LogP contribution is 2.40. The Labute approximate surface area is 179 Å². The zero-order valence-corrected chi connectivity index (χ0v) is 18.2. The van der Waals surface area contributed by atoms with Gasteiger partial charge in [0.25, 0.3) is 10.1 Å². The highest BCUT2D eigenvalue weighted by molar-refractivity contribution is 7.86. The Kier molecular flexibility index (Phi) is 7.15. The molecule has 9 heteroatoms. The second-order valence-corrected chi connectivity index (χ2v) is 9.59. The Bertz CT molecular complexity index is 1010. The first-order valence-electron chi connectivity index (χ1n) is 10.2. The van der Waals surface area contributed by atoms with Gasteiger partial charge in [0.15, 0.2) is 0 Å². The molecule has 0 spiro atoms. The number of fused-ring (bicyclic) bond motifs is 1. The molecule has 0 heterocycles. The lowest BCUT2D eigenvalue weighted by Gasteiger charge is -2.30. The smallest absolute Gasteiger partial charge is 0.391 e. The van der Waals surface area contributed by atoms with Gasteiger partial charge in [-0.1, -0.05) is 25.1 Å². The van der Waals surface area contributed by atoms with Gasteiger partial charge in [-0.2, -0.15) is 21.6 Å². The Morgan fingerprint density at radius 1 is 1.10 bits per heavy atom. The number of benzene rings is 2. The van der Waals surface area contributed by atoms with Gasteiger partial charge in [0.2, 0.25) is 0 Å². The molecule has 1 unspecified atom stereocenters. The molecule has 1 fully saturated rings. The summed E-state index contributed by atoms with van der Waals surface area (Å²) in [6.45, 7) is 1.01. The molecule has 1 aliphatic carbocycles. The fourth-order valence-corrected chi connectivity index (χ4v) is 4.77. The van der Waals surface area contributed by atoms with Crippen LogP contribution in [0.4, 0.5) is 17.6 Å². The number of hydrogen-bond donors (Lipinski definition) is 0. The SMILES string of the molecule is CCC(OS(C)(=O)=O)c1ccc2c(CF)c(OC3CCC(C(F)(F)F)CC3)ccc2c1. The molecule has 0 bridgehead atoms. The van der Waals surface area contributed by atoms with Gasteiger partial charge in [-0.05, 0) is 60.6 Å². The minimum absolute atomic E-state index is 0.00874. The molecule has 1 aliphatic rings. The van der Waals surface area contributed by atoms with Crippen LogP contribution in [0.15, 0.2) is 30.3 Å². The molecule has 0 radical (unpaired) electrons. The molecule has 1 saturated carbocycles. The normalized spacial score (nSPS) is 21.2. The van der Waals surface area contributed by atoms with E-state index in [0.717, 1.165) is 6.26 Å². The first-order chi connectivity index (χ1) is 14.5. The summed E-state index contributed by atoms with van der Waals surface area (Å²) in [4.78, 5) is 0. The lowest BCUT2D eigenvalue weighted by molar-refractivity contribution is -0.185. The van der Waals surface area contributed by atoms with E-state index in [1.54, 1.807) is 37.3 Å². The van der Waals surface area contributed by atoms with Gasteiger partial charge in [0, 0.05) is 5.56 Å². The van der Waals surface area contributed by atoms with Crippen LogP contribution in [0, 0.1) is 5.92 Å². The summed E-state index contributed by atoms with van der Waals surface area (Å²) < 4.78 is 86.5. The number of hydrogen-bond acceptors (Lipinski definition) is 4. The quantitative estimate of drug-likeness (QED) is 0.361. The maximum Gasteiger partial charge on any atom is 0.391 e. The molecule has 2 aromatic rings. The third-order valence-corrected chi connectivity index (χ3v) is 6.29. The molecule has 0 saturated heterocycles. The van der Waals surface area contributed by atoms with Crippen molar-refractivity contribution in [2.75, 3.05) is 6.26 Å². The predicted octanol–water partition coefficient (Wildman–Crippen LogP) is 6.24. The summed E-state index contributed by atoms with van der Waals surface area (Å²) in [5.74, 6) is -0.971. The van der Waals surface area contributed by atoms with Crippen molar-refractivity contribution in [1.82, 2.24) is 0 Å². The molecule has 4 nitrogen and oxygen atoms in total. The summed E-state index contributed by atoms with van der Waals surface area (Å²) in [5, 5.41) is 1.32. The first-order valence-corrected chi connectivity index (χ1v) is 12.1.